The fourth-order valence-electron chi connectivity index (χ4n) is 2.11. The highest BCUT2D eigenvalue weighted by Gasteiger charge is 2.22. The molecule has 1 rings (SSSR count). The molecule has 1 unspecified atom stereocenters. The Morgan fingerprint density at radius 2 is 2.31 bits per heavy atom. The predicted octanol–water partition coefficient (Wildman–Crippen LogP) is 1.17. The van der Waals surface area contributed by atoms with Gasteiger partial charge in [-0.1, -0.05) is 13.8 Å². The van der Waals surface area contributed by atoms with Crippen molar-refractivity contribution in [1.82, 2.24) is 10.2 Å². The Hall–Kier alpha value is -0.610. The van der Waals surface area contributed by atoms with Crippen molar-refractivity contribution in [1.29, 1.82) is 0 Å². The smallest absolute Gasteiger partial charge is 0.304 e. The topological polar surface area (TPSA) is 52.6 Å². The number of nitrogens with one attached hydrogen (secondary N) is 1. The van der Waals surface area contributed by atoms with Crippen LogP contribution in [0.4, 0.5) is 0 Å². The lowest BCUT2D eigenvalue weighted by Crippen LogP contribution is -2.42. The molecule has 0 radical (unpaired) electrons. The van der Waals surface area contributed by atoms with Crippen LogP contribution in [0.5, 0.6) is 0 Å². The fourth-order valence-corrected chi connectivity index (χ4v) is 2.11. The van der Waals surface area contributed by atoms with Gasteiger partial charge in [0.15, 0.2) is 0 Å². The van der Waals surface area contributed by atoms with Gasteiger partial charge in [0.25, 0.3) is 0 Å². The third-order valence-electron chi connectivity index (χ3n) is 3.10. The second-order valence-corrected chi connectivity index (χ2v) is 5.03. The van der Waals surface area contributed by atoms with Gasteiger partial charge in [-0.3, -0.25) is 9.69 Å². The number of nitrogens with zero attached hydrogens (tertiary/aromatic N) is 1. The number of rotatable bonds is 5. The average molecular weight is 228 g/mol. The van der Waals surface area contributed by atoms with Crippen molar-refractivity contribution in [2.24, 2.45) is 5.92 Å². The lowest BCUT2D eigenvalue weighted by molar-refractivity contribution is -0.138. The first-order chi connectivity index (χ1) is 7.59. The zero-order valence-corrected chi connectivity index (χ0v) is 10.4. The lowest BCUT2D eigenvalue weighted by atomic mass is 10.1. The molecule has 1 atom stereocenters. The van der Waals surface area contributed by atoms with Crippen molar-refractivity contribution >= 4 is 5.97 Å². The summed E-state index contributed by atoms with van der Waals surface area (Å²) >= 11 is 0. The van der Waals surface area contributed by atoms with Gasteiger partial charge in [-0.05, 0) is 38.4 Å². The summed E-state index contributed by atoms with van der Waals surface area (Å²) in [7, 11) is 0. The van der Waals surface area contributed by atoms with E-state index in [-0.39, 0.29) is 12.5 Å². The molecule has 1 fully saturated rings. The summed E-state index contributed by atoms with van der Waals surface area (Å²) in [6.45, 7) is 8.29. The Morgan fingerprint density at radius 1 is 1.56 bits per heavy atom. The molecule has 0 saturated carbocycles. The van der Waals surface area contributed by atoms with Crippen LogP contribution in [-0.4, -0.2) is 48.2 Å². The zero-order chi connectivity index (χ0) is 12.0. The summed E-state index contributed by atoms with van der Waals surface area (Å²) in [5.41, 5.74) is 0. The molecule has 0 amide bonds. The quantitative estimate of drug-likeness (QED) is 0.741. The van der Waals surface area contributed by atoms with E-state index in [0.29, 0.717) is 5.92 Å². The predicted molar refractivity (Wildman–Crippen MR) is 64.6 cm³/mol. The van der Waals surface area contributed by atoms with Gasteiger partial charge in [0, 0.05) is 12.6 Å². The van der Waals surface area contributed by atoms with E-state index in [0.717, 1.165) is 39.0 Å². The molecule has 0 aromatic rings. The van der Waals surface area contributed by atoms with E-state index in [2.05, 4.69) is 24.1 Å². The van der Waals surface area contributed by atoms with E-state index in [1.54, 1.807) is 0 Å². The largest absolute Gasteiger partial charge is 0.481 e. The van der Waals surface area contributed by atoms with Crippen LogP contribution < -0.4 is 5.32 Å². The zero-order valence-electron chi connectivity index (χ0n) is 10.4. The molecule has 0 aromatic carbocycles. The van der Waals surface area contributed by atoms with Crippen LogP contribution in [0, 0.1) is 5.92 Å². The maximum atomic E-state index is 10.8. The maximum absolute atomic E-state index is 10.8. The van der Waals surface area contributed by atoms with Gasteiger partial charge in [-0.15, -0.1) is 0 Å². The summed E-state index contributed by atoms with van der Waals surface area (Å²) in [6, 6.07) is 0.166. The first-order valence-electron chi connectivity index (χ1n) is 6.26. The highest BCUT2D eigenvalue weighted by Crippen LogP contribution is 2.11. The Labute approximate surface area is 98.0 Å². The molecule has 4 nitrogen and oxygen atoms in total. The minimum Gasteiger partial charge on any atom is -0.481 e. The monoisotopic (exact) mass is 228 g/mol. The molecular weight excluding hydrogens is 204 g/mol. The van der Waals surface area contributed by atoms with E-state index in [1.165, 1.54) is 0 Å². The molecule has 0 aromatic heterocycles. The van der Waals surface area contributed by atoms with E-state index < -0.39 is 5.97 Å². The lowest BCUT2D eigenvalue weighted by Gasteiger charge is -2.29. The first kappa shape index (κ1) is 13.5. The second kappa shape index (κ2) is 6.86. The molecule has 4 heteroatoms. The minimum atomic E-state index is -0.691. The molecule has 1 aliphatic heterocycles. The van der Waals surface area contributed by atoms with Crippen LogP contribution in [0.15, 0.2) is 0 Å². The van der Waals surface area contributed by atoms with Gasteiger partial charge in [-0.2, -0.15) is 0 Å². The van der Waals surface area contributed by atoms with Crippen molar-refractivity contribution in [2.45, 2.75) is 39.2 Å². The van der Waals surface area contributed by atoms with E-state index in [4.69, 9.17) is 5.11 Å². The van der Waals surface area contributed by atoms with E-state index in [1.807, 2.05) is 0 Å². The molecule has 1 heterocycles. The van der Waals surface area contributed by atoms with Crippen molar-refractivity contribution in [3.8, 4) is 0 Å². The van der Waals surface area contributed by atoms with Crippen LogP contribution in [-0.2, 0) is 4.79 Å². The Balaban J connectivity index is 2.47. The Kier molecular flexibility index (Phi) is 5.77. The third kappa shape index (κ3) is 4.94. The summed E-state index contributed by atoms with van der Waals surface area (Å²) in [6.07, 6.45) is 2.52. The highest BCUT2D eigenvalue weighted by atomic mass is 16.4. The molecular formula is C12H24N2O2. The Morgan fingerprint density at radius 3 is 2.94 bits per heavy atom. The number of carboxylic acid groups (broad SMARTS) is 1. The maximum Gasteiger partial charge on any atom is 0.304 e. The molecule has 94 valence electrons. The van der Waals surface area contributed by atoms with E-state index >= 15 is 0 Å². The van der Waals surface area contributed by atoms with Gasteiger partial charge in [0.05, 0.1) is 6.42 Å². The van der Waals surface area contributed by atoms with Crippen molar-refractivity contribution in [3.05, 3.63) is 0 Å². The van der Waals surface area contributed by atoms with Gasteiger partial charge in [0.1, 0.15) is 0 Å². The van der Waals surface area contributed by atoms with E-state index in [9.17, 15) is 4.79 Å². The summed E-state index contributed by atoms with van der Waals surface area (Å²) in [5.74, 6) is -0.00932. The summed E-state index contributed by atoms with van der Waals surface area (Å²) < 4.78 is 0. The summed E-state index contributed by atoms with van der Waals surface area (Å²) in [5, 5.41) is 12.2. The van der Waals surface area contributed by atoms with Crippen LogP contribution in [0.25, 0.3) is 0 Å². The molecule has 1 saturated heterocycles. The van der Waals surface area contributed by atoms with Gasteiger partial charge in [-0.25, -0.2) is 0 Å². The van der Waals surface area contributed by atoms with Gasteiger partial charge in [0.2, 0.25) is 0 Å². The van der Waals surface area contributed by atoms with Crippen LogP contribution in [0.1, 0.15) is 33.1 Å². The normalized spacial score (nSPS) is 23.3. The van der Waals surface area contributed by atoms with Crippen LogP contribution in [0.2, 0.25) is 0 Å². The first-order valence-corrected chi connectivity index (χ1v) is 6.26. The summed E-state index contributed by atoms with van der Waals surface area (Å²) in [4.78, 5) is 13.2. The SMILES string of the molecule is CC(C)CCN1CCCNCC1CC(=O)O. The molecule has 1 aliphatic rings. The standard InChI is InChI=1S/C12H24N2O2/c1-10(2)4-7-14-6-3-5-13-9-11(14)8-12(15)16/h10-11,13H,3-9H2,1-2H3,(H,15,16). The number of carbonyl (C=O) groups is 1. The molecule has 2 N–H and O–H groups in total. The van der Waals surface area contributed by atoms with Crippen LogP contribution in [0.3, 0.4) is 0 Å². The molecule has 0 spiro atoms. The number of hydrogen-bond acceptors (Lipinski definition) is 3. The minimum absolute atomic E-state index is 0.166. The highest BCUT2D eigenvalue weighted by molar-refractivity contribution is 5.67. The number of aliphatic carboxylic acids is 1. The second-order valence-electron chi connectivity index (χ2n) is 5.03. The van der Waals surface area contributed by atoms with Crippen LogP contribution >= 0.6 is 0 Å². The molecule has 0 bridgehead atoms. The number of hydrogen-bond donors (Lipinski definition) is 2. The van der Waals surface area contributed by atoms with Crippen molar-refractivity contribution in [3.63, 3.8) is 0 Å². The molecule has 16 heavy (non-hydrogen) atoms. The third-order valence-corrected chi connectivity index (χ3v) is 3.10. The number of carboxylic acids is 1. The van der Waals surface area contributed by atoms with Crippen molar-refractivity contribution in [2.75, 3.05) is 26.2 Å². The average Bonchev–Trinajstić information content (AvgIpc) is 2.39. The van der Waals surface area contributed by atoms with Gasteiger partial charge >= 0.3 is 5.97 Å². The Bertz CT molecular complexity index is 219. The molecule has 0 aliphatic carbocycles. The van der Waals surface area contributed by atoms with Gasteiger partial charge < -0.3 is 10.4 Å². The fraction of sp³-hybridized carbons (Fsp3) is 0.917. The van der Waals surface area contributed by atoms with Crippen molar-refractivity contribution < 1.29 is 9.90 Å².